The van der Waals surface area contributed by atoms with E-state index in [1.807, 2.05) is 37.3 Å². The zero-order chi connectivity index (χ0) is 12.7. The van der Waals surface area contributed by atoms with Crippen molar-refractivity contribution in [3.63, 3.8) is 0 Å². The molecule has 0 fully saturated rings. The average Bonchev–Trinajstić information content (AvgIpc) is 2.36. The van der Waals surface area contributed by atoms with Crippen LogP contribution in [-0.2, 0) is 11.3 Å². The summed E-state index contributed by atoms with van der Waals surface area (Å²) in [7, 11) is 0. The zero-order valence-corrected chi connectivity index (χ0v) is 10.8. The van der Waals surface area contributed by atoms with Crippen molar-refractivity contribution in [1.82, 2.24) is 5.32 Å². The highest BCUT2D eigenvalue weighted by Gasteiger charge is 2.13. The van der Waals surface area contributed by atoms with Gasteiger partial charge < -0.3 is 10.1 Å². The molecule has 1 aromatic rings. The van der Waals surface area contributed by atoms with E-state index in [2.05, 4.69) is 19.2 Å². The topological polar surface area (TPSA) is 38.3 Å². The maximum Gasteiger partial charge on any atom is 0.407 e. The van der Waals surface area contributed by atoms with Crippen LogP contribution in [0, 0.1) is 5.92 Å². The van der Waals surface area contributed by atoms with E-state index in [1.54, 1.807) is 0 Å². The minimum atomic E-state index is -0.346. The number of ether oxygens (including phenoxy) is 1. The Morgan fingerprint density at radius 3 is 2.53 bits per heavy atom. The summed E-state index contributed by atoms with van der Waals surface area (Å²) in [5.41, 5.74) is 0.999. The summed E-state index contributed by atoms with van der Waals surface area (Å²) in [6.45, 7) is 6.54. The molecule has 1 rings (SSSR count). The van der Waals surface area contributed by atoms with Gasteiger partial charge in [-0.05, 0) is 18.4 Å². The number of amides is 1. The molecular formula is C14H21NO2. The van der Waals surface area contributed by atoms with Crippen molar-refractivity contribution < 1.29 is 9.53 Å². The van der Waals surface area contributed by atoms with Crippen LogP contribution in [-0.4, -0.2) is 12.1 Å². The maximum atomic E-state index is 11.5. The van der Waals surface area contributed by atoms with Crippen LogP contribution in [0.4, 0.5) is 4.79 Å². The molecular weight excluding hydrogens is 214 g/mol. The predicted octanol–water partition coefficient (Wildman–Crippen LogP) is 3.35. The monoisotopic (exact) mass is 235 g/mol. The van der Waals surface area contributed by atoms with Crippen molar-refractivity contribution in [2.75, 3.05) is 0 Å². The van der Waals surface area contributed by atoms with E-state index in [0.717, 1.165) is 12.0 Å². The van der Waals surface area contributed by atoms with Crippen LogP contribution >= 0.6 is 0 Å². The first-order valence-corrected chi connectivity index (χ1v) is 6.10. The Hall–Kier alpha value is -1.51. The second-order valence-corrected chi connectivity index (χ2v) is 4.38. The predicted molar refractivity (Wildman–Crippen MR) is 68.7 cm³/mol. The molecule has 0 aromatic heterocycles. The van der Waals surface area contributed by atoms with E-state index in [9.17, 15) is 4.79 Å². The number of alkyl carbamates (subject to hydrolysis) is 1. The van der Waals surface area contributed by atoms with Crippen LogP contribution in [0.5, 0.6) is 0 Å². The van der Waals surface area contributed by atoms with Gasteiger partial charge in [0.25, 0.3) is 0 Å². The smallest absolute Gasteiger partial charge is 0.407 e. The lowest BCUT2D eigenvalue weighted by Crippen LogP contribution is -2.37. The summed E-state index contributed by atoms with van der Waals surface area (Å²) in [6, 6.07) is 9.81. The van der Waals surface area contributed by atoms with E-state index < -0.39 is 0 Å². The number of hydrogen-bond acceptors (Lipinski definition) is 2. The standard InChI is InChI=1S/C14H21NO2/c1-4-11(2)12(3)15-14(16)17-10-13-8-6-5-7-9-13/h5-9,11-12H,4,10H2,1-3H3,(H,15,16)/t11-,12+/m0/s1. The molecule has 94 valence electrons. The fraction of sp³-hybridized carbons (Fsp3) is 0.500. The van der Waals surface area contributed by atoms with Gasteiger partial charge in [-0.25, -0.2) is 4.79 Å². The van der Waals surface area contributed by atoms with Gasteiger partial charge in [-0.1, -0.05) is 50.6 Å². The number of hydrogen-bond donors (Lipinski definition) is 1. The summed E-state index contributed by atoms with van der Waals surface area (Å²) >= 11 is 0. The highest BCUT2D eigenvalue weighted by molar-refractivity contribution is 5.67. The van der Waals surface area contributed by atoms with Gasteiger partial charge in [0.15, 0.2) is 0 Å². The Morgan fingerprint density at radius 2 is 1.94 bits per heavy atom. The molecule has 0 aliphatic rings. The number of benzene rings is 1. The SMILES string of the molecule is CC[C@H](C)[C@@H](C)NC(=O)OCc1ccccc1. The normalized spacial score (nSPS) is 13.8. The molecule has 0 aliphatic heterocycles. The van der Waals surface area contributed by atoms with Crippen LogP contribution in [0.1, 0.15) is 32.8 Å². The average molecular weight is 235 g/mol. The van der Waals surface area contributed by atoms with Gasteiger partial charge in [0.1, 0.15) is 6.61 Å². The van der Waals surface area contributed by atoms with Crippen LogP contribution in [0.3, 0.4) is 0 Å². The Labute approximate surface area is 103 Å². The van der Waals surface area contributed by atoms with E-state index in [-0.39, 0.29) is 12.1 Å². The third kappa shape index (κ3) is 4.89. The molecule has 1 aromatic carbocycles. The molecule has 1 amide bonds. The van der Waals surface area contributed by atoms with E-state index in [4.69, 9.17) is 4.74 Å². The van der Waals surface area contributed by atoms with E-state index >= 15 is 0 Å². The van der Waals surface area contributed by atoms with Crippen molar-refractivity contribution in [3.05, 3.63) is 35.9 Å². The lowest BCUT2D eigenvalue weighted by Gasteiger charge is -2.19. The van der Waals surface area contributed by atoms with Gasteiger partial charge in [0, 0.05) is 6.04 Å². The number of carbonyl (C=O) groups is 1. The zero-order valence-electron chi connectivity index (χ0n) is 10.8. The first-order valence-electron chi connectivity index (χ1n) is 6.10. The largest absolute Gasteiger partial charge is 0.445 e. The van der Waals surface area contributed by atoms with Crippen molar-refractivity contribution >= 4 is 6.09 Å². The Morgan fingerprint density at radius 1 is 1.29 bits per heavy atom. The molecule has 0 saturated carbocycles. The molecule has 0 saturated heterocycles. The van der Waals surface area contributed by atoms with Gasteiger partial charge in [-0.3, -0.25) is 0 Å². The van der Waals surface area contributed by atoms with Gasteiger partial charge in [0.2, 0.25) is 0 Å². The molecule has 3 nitrogen and oxygen atoms in total. The van der Waals surface area contributed by atoms with E-state index in [0.29, 0.717) is 12.5 Å². The summed E-state index contributed by atoms with van der Waals surface area (Å²) in [5, 5.41) is 2.84. The molecule has 1 N–H and O–H groups in total. The van der Waals surface area contributed by atoms with Crippen LogP contribution < -0.4 is 5.32 Å². The van der Waals surface area contributed by atoms with Gasteiger partial charge in [0.05, 0.1) is 0 Å². The lowest BCUT2D eigenvalue weighted by molar-refractivity contribution is 0.133. The number of nitrogens with one attached hydrogen (secondary N) is 1. The van der Waals surface area contributed by atoms with Crippen molar-refractivity contribution in [2.45, 2.75) is 39.8 Å². The summed E-state index contributed by atoms with van der Waals surface area (Å²) in [5.74, 6) is 0.458. The highest BCUT2D eigenvalue weighted by atomic mass is 16.5. The first-order chi connectivity index (χ1) is 8.13. The Bertz CT molecular complexity index is 337. The van der Waals surface area contributed by atoms with Crippen molar-refractivity contribution in [2.24, 2.45) is 5.92 Å². The molecule has 2 atom stereocenters. The van der Waals surface area contributed by atoms with Gasteiger partial charge in [-0.2, -0.15) is 0 Å². The van der Waals surface area contributed by atoms with E-state index in [1.165, 1.54) is 0 Å². The molecule has 0 bridgehead atoms. The quantitative estimate of drug-likeness (QED) is 0.850. The van der Waals surface area contributed by atoms with Crippen LogP contribution in [0.2, 0.25) is 0 Å². The number of carbonyl (C=O) groups excluding carboxylic acids is 1. The number of rotatable bonds is 5. The highest BCUT2D eigenvalue weighted by Crippen LogP contribution is 2.07. The molecule has 3 heteroatoms. The Kier molecular flexibility index (Phi) is 5.53. The fourth-order valence-electron chi connectivity index (χ4n) is 1.45. The Balaban J connectivity index is 2.31. The minimum Gasteiger partial charge on any atom is -0.445 e. The van der Waals surface area contributed by atoms with Crippen molar-refractivity contribution in [3.8, 4) is 0 Å². The second-order valence-electron chi connectivity index (χ2n) is 4.38. The molecule has 0 heterocycles. The molecule has 0 spiro atoms. The van der Waals surface area contributed by atoms with Gasteiger partial charge in [-0.15, -0.1) is 0 Å². The molecule has 0 aliphatic carbocycles. The summed E-state index contributed by atoms with van der Waals surface area (Å²) in [4.78, 5) is 11.5. The molecule has 0 radical (unpaired) electrons. The van der Waals surface area contributed by atoms with Crippen LogP contribution in [0.15, 0.2) is 30.3 Å². The van der Waals surface area contributed by atoms with Crippen molar-refractivity contribution in [1.29, 1.82) is 0 Å². The summed E-state index contributed by atoms with van der Waals surface area (Å²) < 4.78 is 5.14. The third-order valence-electron chi connectivity index (χ3n) is 3.06. The van der Waals surface area contributed by atoms with Gasteiger partial charge >= 0.3 is 6.09 Å². The lowest BCUT2D eigenvalue weighted by atomic mass is 10.0. The maximum absolute atomic E-state index is 11.5. The second kappa shape index (κ2) is 6.94. The fourth-order valence-corrected chi connectivity index (χ4v) is 1.45. The minimum absolute atomic E-state index is 0.142. The summed E-state index contributed by atoms with van der Waals surface area (Å²) in [6.07, 6.45) is 0.696. The van der Waals surface area contributed by atoms with Crippen LogP contribution in [0.25, 0.3) is 0 Å². The third-order valence-corrected chi connectivity index (χ3v) is 3.06. The molecule has 0 unspecified atom stereocenters. The first kappa shape index (κ1) is 13.6. The molecule has 17 heavy (non-hydrogen) atoms.